The van der Waals surface area contributed by atoms with Crippen molar-refractivity contribution in [3.05, 3.63) is 48.2 Å². The molecule has 0 aliphatic heterocycles. The average molecular weight is 370 g/mol. The number of hydrogen-bond acceptors (Lipinski definition) is 6. The topological polar surface area (TPSA) is 94.0 Å². The summed E-state index contributed by atoms with van der Waals surface area (Å²) in [5.41, 5.74) is 2.66. The normalized spacial score (nSPS) is 10.5. The highest BCUT2D eigenvalue weighted by atomic mass is 19.1. The second kappa shape index (κ2) is 7.81. The lowest BCUT2D eigenvalue weighted by Gasteiger charge is -2.09. The molecule has 3 aromatic rings. The summed E-state index contributed by atoms with van der Waals surface area (Å²) in [7, 11) is 2.98. The molecule has 2 aromatic heterocycles. The summed E-state index contributed by atoms with van der Waals surface area (Å²) in [5, 5.41) is 9.67. The first-order valence-electron chi connectivity index (χ1n) is 8.17. The maximum atomic E-state index is 14.0. The standard InChI is InChI=1S/C18H19FN6O2/c1-11-7-21-18(23-13-8-22-25(9-13)10-16(26)20-2)24-17(11)12-4-5-15(27-3)14(19)6-12/h4-9H,10H2,1-3H3,(H,20,26)(H,21,23,24). The third kappa shape index (κ3) is 4.20. The Bertz CT molecular complexity index is 972. The Balaban J connectivity index is 1.83. The van der Waals surface area contributed by atoms with Crippen molar-refractivity contribution in [3.8, 4) is 17.0 Å². The highest BCUT2D eigenvalue weighted by Gasteiger charge is 2.11. The number of anilines is 2. The van der Waals surface area contributed by atoms with Crippen LogP contribution in [-0.2, 0) is 11.3 Å². The number of rotatable bonds is 6. The zero-order valence-electron chi connectivity index (χ0n) is 15.2. The van der Waals surface area contributed by atoms with E-state index in [0.29, 0.717) is 22.9 Å². The van der Waals surface area contributed by atoms with Crippen LogP contribution < -0.4 is 15.4 Å². The van der Waals surface area contributed by atoms with Crippen LogP contribution in [0.3, 0.4) is 0 Å². The lowest BCUT2D eigenvalue weighted by Crippen LogP contribution is -2.23. The van der Waals surface area contributed by atoms with Crippen LogP contribution in [-0.4, -0.2) is 39.8 Å². The van der Waals surface area contributed by atoms with E-state index < -0.39 is 5.82 Å². The van der Waals surface area contributed by atoms with Crippen LogP contribution >= 0.6 is 0 Å². The fourth-order valence-corrected chi connectivity index (χ4v) is 2.48. The molecule has 140 valence electrons. The molecule has 2 N–H and O–H groups in total. The molecule has 0 bridgehead atoms. The summed E-state index contributed by atoms with van der Waals surface area (Å²) in [6, 6.07) is 4.67. The second-order valence-electron chi connectivity index (χ2n) is 5.80. The molecule has 1 amide bonds. The minimum absolute atomic E-state index is 0.114. The Hall–Kier alpha value is -3.49. The zero-order valence-corrected chi connectivity index (χ0v) is 15.2. The number of halogens is 1. The zero-order chi connectivity index (χ0) is 19.4. The number of methoxy groups -OCH3 is 1. The van der Waals surface area contributed by atoms with Crippen LogP contribution in [0.1, 0.15) is 5.56 Å². The number of hydrogen-bond donors (Lipinski definition) is 2. The number of amides is 1. The second-order valence-corrected chi connectivity index (χ2v) is 5.80. The van der Waals surface area contributed by atoms with E-state index in [2.05, 4.69) is 25.7 Å². The van der Waals surface area contributed by atoms with E-state index in [1.165, 1.54) is 17.9 Å². The minimum Gasteiger partial charge on any atom is -0.494 e. The van der Waals surface area contributed by atoms with Crippen molar-refractivity contribution in [3.63, 3.8) is 0 Å². The van der Waals surface area contributed by atoms with Crippen molar-refractivity contribution >= 4 is 17.5 Å². The van der Waals surface area contributed by atoms with Gasteiger partial charge in [-0.1, -0.05) is 0 Å². The van der Waals surface area contributed by atoms with Crippen molar-refractivity contribution in [2.45, 2.75) is 13.5 Å². The number of carbonyl (C=O) groups is 1. The van der Waals surface area contributed by atoms with Gasteiger partial charge >= 0.3 is 0 Å². The van der Waals surface area contributed by atoms with Gasteiger partial charge in [0.15, 0.2) is 11.6 Å². The van der Waals surface area contributed by atoms with Gasteiger partial charge in [0.2, 0.25) is 11.9 Å². The minimum atomic E-state index is -0.460. The van der Waals surface area contributed by atoms with E-state index in [-0.39, 0.29) is 18.2 Å². The van der Waals surface area contributed by atoms with E-state index in [1.54, 1.807) is 37.8 Å². The lowest BCUT2D eigenvalue weighted by molar-refractivity contribution is -0.121. The summed E-state index contributed by atoms with van der Waals surface area (Å²) in [4.78, 5) is 20.1. The van der Waals surface area contributed by atoms with Gasteiger partial charge in [-0.15, -0.1) is 0 Å². The maximum absolute atomic E-state index is 14.0. The number of benzene rings is 1. The summed E-state index contributed by atoms with van der Waals surface area (Å²) < 4.78 is 20.5. The molecular formula is C18H19FN6O2. The third-order valence-electron chi connectivity index (χ3n) is 3.87. The van der Waals surface area contributed by atoms with Crippen LogP contribution in [0, 0.1) is 12.7 Å². The van der Waals surface area contributed by atoms with Gasteiger partial charge in [0.25, 0.3) is 0 Å². The van der Waals surface area contributed by atoms with Crippen molar-refractivity contribution in [1.82, 2.24) is 25.1 Å². The first-order chi connectivity index (χ1) is 13.0. The molecule has 0 aliphatic carbocycles. The van der Waals surface area contributed by atoms with Crippen LogP contribution in [0.2, 0.25) is 0 Å². The molecule has 0 saturated heterocycles. The van der Waals surface area contributed by atoms with E-state index in [0.717, 1.165) is 5.56 Å². The number of nitrogens with one attached hydrogen (secondary N) is 2. The summed E-state index contributed by atoms with van der Waals surface area (Å²) in [5.74, 6) is -0.100. The Morgan fingerprint density at radius 2 is 2.15 bits per heavy atom. The lowest BCUT2D eigenvalue weighted by atomic mass is 10.1. The smallest absolute Gasteiger partial charge is 0.241 e. The van der Waals surface area contributed by atoms with Gasteiger partial charge in [-0.2, -0.15) is 5.10 Å². The summed E-state index contributed by atoms with van der Waals surface area (Å²) in [6.07, 6.45) is 4.89. The van der Waals surface area contributed by atoms with Gasteiger partial charge in [-0.3, -0.25) is 9.48 Å². The largest absolute Gasteiger partial charge is 0.494 e. The predicted octanol–water partition coefficient (Wildman–Crippen LogP) is 2.29. The third-order valence-corrected chi connectivity index (χ3v) is 3.87. The number of likely N-dealkylation sites (N-methyl/N-ethyl adjacent to an activating group) is 1. The molecule has 8 nitrogen and oxygen atoms in total. The molecule has 0 unspecified atom stereocenters. The van der Waals surface area contributed by atoms with Crippen molar-refractivity contribution in [1.29, 1.82) is 0 Å². The molecule has 3 rings (SSSR count). The molecule has 0 spiro atoms. The van der Waals surface area contributed by atoms with Gasteiger partial charge < -0.3 is 15.4 Å². The SMILES string of the molecule is CNC(=O)Cn1cc(Nc2ncc(C)c(-c3ccc(OC)c(F)c3)n2)cn1. The van der Waals surface area contributed by atoms with Crippen LogP contribution in [0.25, 0.3) is 11.3 Å². The highest BCUT2D eigenvalue weighted by molar-refractivity contribution is 5.75. The van der Waals surface area contributed by atoms with Crippen LogP contribution in [0.4, 0.5) is 16.0 Å². The molecule has 0 aliphatic rings. The highest BCUT2D eigenvalue weighted by Crippen LogP contribution is 2.27. The Labute approximate surface area is 155 Å². The quantitative estimate of drug-likeness (QED) is 0.691. The number of ether oxygens (including phenoxy) is 1. The Morgan fingerprint density at radius 3 is 2.85 bits per heavy atom. The van der Waals surface area contributed by atoms with E-state index in [1.807, 2.05) is 6.92 Å². The Morgan fingerprint density at radius 1 is 1.33 bits per heavy atom. The molecule has 9 heteroatoms. The molecule has 0 atom stereocenters. The molecule has 0 fully saturated rings. The molecule has 2 heterocycles. The summed E-state index contributed by atoms with van der Waals surface area (Å²) >= 11 is 0. The maximum Gasteiger partial charge on any atom is 0.241 e. The summed E-state index contributed by atoms with van der Waals surface area (Å²) in [6.45, 7) is 1.96. The number of carbonyl (C=O) groups excluding carboxylic acids is 1. The van der Waals surface area contributed by atoms with Crippen LogP contribution in [0.15, 0.2) is 36.8 Å². The van der Waals surface area contributed by atoms with E-state index in [9.17, 15) is 9.18 Å². The monoisotopic (exact) mass is 370 g/mol. The number of aromatic nitrogens is 4. The van der Waals surface area contributed by atoms with Crippen molar-refractivity contribution < 1.29 is 13.9 Å². The van der Waals surface area contributed by atoms with Gasteiger partial charge in [0.1, 0.15) is 6.54 Å². The van der Waals surface area contributed by atoms with E-state index >= 15 is 0 Å². The fourth-order valence-electron chi connectivity index (χ4n) is 2.48. The van der Waals surface area contributed by atoms with Crippen molar-refractivity contribution in [2.24, 2.45) is 0 Å². The molecule has 27 heavy (non-hydrogen) atoms. The van der Waals surface area contributed by atoms with Gasteiger partial charge in [0, 0.05) is 25.0 Å². The fraction of sp³-hybridized carbons (Fsp3) is 0.222. The molecule has 0 saturated carbocycles. The van der Waals surface area contributed by atoms with E-state index in [4.69, 9.17) is 4.74 Å². The molecular weight excluding hydrogens is 351 g/mol. The van der Waals surface area contributed by atoms with Gasteiger partial charge in [-0.25, -0.2) is 14.4 Å². The van der Waals surface area contributed by atoms with Gasteiger partial charge in [0.05, 0.1) is 24.7 Å². The average Bonchev–Trinajstić information content (AvgIpc) is 3.09. The Kier molecular flexibility index (Phi) is 5.30. The molecule has 0 radical (unpaired) electrons. The predicted molar refractivity (Wildman–Crippen MR) is 98.3 cm³/mol. The first kappa shape index (κ1) is 18.3. The number of aryl methyl sites for hydroxylation is 1. The molecule has 1 aromatic carbocycles. The first-order valence-corrected chi connectivity index (χ1v) is 8.17. The van der Waals surface area contributed by atoms with Gasteiger partial charge in [-0.05, 0) is 30.7 Å². The number of nitrogens with zero attached hydrogens (tertiary/aromatic N) is 4. The van der Waals surface area contributed by atoms with Crippen LogP contribution in [0.5, 0.6) is 5.75 Å². The van der Waals surface area contributed by atoms with Crippen molar-refractivity contribution in [2.75, 3.05) is 19.5 Å².